The second kappa shape index (κ2) is 38.7. The molecule has 6 aromatic rings. The van der Waals surface area contributed by atoms with Crippen molar-refractivity contribution in [3.05, 3.63) is 215 Å². The quantitative estimate of drug-likeness (QED) is 0.0228. The molecule has 30 heteroatoms. The van der Waals surface area contributed by atoms with Gasteiger partial charge in [0.1, 0.15) is 85.9 Å². The van der Waals surface area contributed by atoms with Crippen LogP contribution in [0.25, 0.3) is 0 Å². The lowest BCUT2D eigenvalue weighted by molar-refractivity contribution is -0.391. The maximum atomic E-state index is 18.6. The molecule has 0 radical (unpaired) electrons. The molecule has 0 bridgehead atoms. The minimum absolute atomic E-state index is 0.00402. The third-order valence-corrected chi connectivity index (χ3v) is 19.1. The van der Waals surface area contributed by atoms with Gasteiger partial charge in [-0.05, 0) is 46.9 Å². The van der Waals surface area contributed by atoms with Gasteiger partial charge in [0, 0.05) is 34.6 Å². The number of aliphatic hydroxyl groups is 2. The van der Waals surface area contributed by atoms with Gasteiger partial charge in [0.25, 0.3) is 17.6 Å². The third-order valence-electron chi connectivity index (χ3n) is 19.1. The van der Waals surface area contributed by atoms with Gasteiger partial charge in [-0.15, -0.1) is 0 Å². The van der Waals surface area contributed by atoms with Crippen molar-refractivity contribution in [3.63, 3.8) is 0 Å². The molecule has 5 aliphatic rings. The van der Waals surface area contributed by atoms with Crippen molar-refractivity contribution in [2.24, 2.45) is 0 Å². The number of imide groups is 1. The molecule has 4 saturated heterocycles. The van der Waals surface area contributed by atoms with E-state index in [0.29, 0.717) is 21.6 Å². The van der Waals surface area contributed by atoms with Gasteiger partial charge in [-0.25, -0.2) is 9.18 Å². The van der Waals surface area contributed by atoms with Crippen LogP contribution >= 0.6 is 0 Å². The number of rotatable bonds is 33. The number of nitrogens with zero attached hydrogens (tertiary/aromatic N) is 1. The van der Waals surface area contributed by atoms with Crippen molar-refractivity contribution in [3.8, 4) is 0 Å². The number of aliphatic hydroxyl groups excluding tert-OH is 2. The molecule has 0 unspecified atom stereocenters. The van der Waals surface area contributed by atoms with E-state index in [4.69, 9.17) is 80.5 Å². The second-order valence-corrected chi connectivity index (χ2v) is 27.3. The summed E-state index contributed by atoms with van der Waals surface area (Å²) in [5.41, 5.74) is 3.34. The van der Waals surface area contributed by atoms with E-state index in [2.05, 4.69) is 5.32 Å². The predicted molar refractivity (Wildman–Crippen MR) is 383 cm³/mol. The van der Waals surface area contributed by atoms with Gasteiger partial charge >= 0.3 is 29.8 Å². The molecule has 4 fully saturated rings. The standard InChI is InChI=1S/C81H91FN2O27/c1-46-67(99-40-54-29-17-10-18-30-54)73(100-41-55-31-19-11-20-32-55)74(101-42-56-33-21-12-22-34-56)79(102-46)108-69-61(44-97-39-53-27-15-9-16-28-53)106-75(82)64(84-76(92)57-35-23-24-36-58(57)77(84)93)71(69)109-78-66(91)72(65(90)60(107-78)43-96-38-52-25-13-8-14-26-52)111-81(80(94)95-7)37-59(103-49(4)87)63(83-47(2)85)70(110-81)68(105-51(6)89)62(104-50(5)88)45-98-48(3)86/h8-36,46,59-75,78-79,90-91H,37-45H2,1-7H3,(H,83,85)/t46-,59-,60+,61+,62+,63+,64+,65-,66+,67+,68+,69+,70+,71+,72-,73+,74-,75+,78-,79-,81+/m0/s1. The lowest BCUT2D eigenvalue weighted by atomic mass is 9.87. The monoisotopic (exact) mass is 1540 g/mol. The molecule has 21 atom stereocenters. The molecule has 0 aromatic heterocycles. The number of benzene rings is 6. The zero-order valence-corrected chi connectivity index (χ0v) is 62.1. The van der Waals surface area contributed by atoms with Gasteiger partial charge in [-0.2, -0.15) is 0 Å². The van der Waals surface area contributed by atoms with E-state index < -0.39 is 202 Å². The molecule has 5 aliphatic heterocycles. The van der Waals surface area contributed by atoms with Gasteiger partial charge in [-0.1, -0.05) is 164 Å². The van der Waals surface area contributed by atoms with Crippen molar-refractivity contribution in [1.29, 1.82) is 0 Å². The summed E-state index contributed by atoms with van der Waals surface area (Å²) in [6, 6.07) is 47.4. The van der Waals surface area contributed by atoms with Crippen LogP contribution in [-0.4, -0.2) is 218 Å². The number of nitrogens with one attached hydrogen (secondary N) is 1. The Kier molecular flexibility index (Phi) is 28.8. The van der Waals surface area contributed by atoms with Gasteiger partial charge < -0.3 is 96.1 Å². The average Bonchev–Trinajstić information content (AvgIpc) is 1.73. The first-order valence-electron chi connectivity index (χ1n) is 36.3. The fourth-order valence-electron chi connectivity index (χ4n) is 14.1. The fourth-order valence-corrected chi connectivity index (χ4v) is 14.1. The molecule has 3 N–H and O–H groups in total. The predicted octanol–water partition coefficient (Wildman–Crippen LogP) is 6.40. The second-order valence-electron chi connectivity index (χ2n) is 27.3. The van der Waals surface area contributed by atoms with Crippen molar-refractivity contribution in [1.82, 2.24) is 10.2 Å². The number of esters is 5. The first kappa shape index (κ1) is 82.6. The Morgan fingerprint density at radius 3 is 1.50 bits per heavy atom. The van der Waals surface area contributed by atoms with Crippen LogP contribution in [0.1, 0.15) is 96.5 Å². The SMILES string of the molecule is COC(=O)[C@]1(O[C@H]2[C@@H](O)[C@@H](COCc3ccccc3)O[C@@H](O[C@H]3[C@H](O[C@@H]4O[C@@H](C)[C@@H](OCc5ccccc5)[C@@H](OCc5ccccc5)[C@@H]4OCc4ccccc4)[C@@H](COCc4ccccc4)O[C@@H](F)[C@@H]3N3C(=O)c4ccccc4C3=O)[C@@H]2O)C[C@H](OC(C)=O)[C@@H](NC(C)=O)[C@H]([C@H](OC(C)=O)[C@@H](COC(C)=O)OC(C)=O)O1. The summed E-state index contributed by atoms with van der Waals surface area (Å²) in [6.07, 6.45) is -34.2. The van der Waals surface area contributed by atoms with E-state index >= 15 is 18.8 Å². The summed E-state index contributed by atoms with van der Waals surface area (Å²) >= 11 is 0. The molecular weight excluding hydrogens is 1450 g/mol. The number of amides is 3. The molecule has 0 saturated carbocycles. The largest absolute Gasteiger partial charge is 0.465 e. The molecular formula is C81H91FN2O27. The van der Waals surface area contributed by atoms with Crippen molar-refractivity contribution in [2.75, 3.05) is 26.9 Å². The number of carbonyl (C=O) groups is 8. The summed E-state index contributed by atoms with van der Waals surface area (Å²) in [5.74, 6) is -11.5. The summed E-state index contributed by atoms with van der Waals surface area (Å²) < 4.78 is 128. The zero-order chi connectivity index (χ0) is 78.9. The highest BCUT2D eigenvalue weighted by atomic mass is 19.1. The molecule has 29 nitrogen and oxygen atoms in total. The number of carbonyl (C=O) groups excluding carboxylic acids is 8. The highest BCUT2D eigenvalue weighted by Crippen LogP contribution is 2.44. The van der Waals surface area contributed by atoms with Crippen LogP contribution in [0.4, 0.5) is 4.39 Å². The summed E-state index contributed by atoms with van der Waals surface area (Å²) in [7, 11) is 0.892. The highest BCUT2D eigenvalue weighted by molar-refractivity contribution is 6.21. The van der Waals surface area contributed by atoms with E-state index in [9.17, 15) is 34.2 Å². The summed E-state index contributed by atoms with van der Waals surface area (Å²) in [5, 5.41) is 29.0. The average molecular weight is 1540 g/mol. The number of alkyl halides is 1. The number of fused-ring (bicyclic) bond motifs is 1. The lowest BCUT2D eigenvalue weighted by Gasteiger charge is -2.52. The van der Waals surface area contributed by atoms with E-state index in [1.807, 2.05) is 91.0 Å². The Morgan fingerprint density at radius 2 is 1.02 bits per heavy atom. The Balaban J connectivity index is 1.06. The first-order chi connectivity index (χ1) is 53.5. The smallest absolute Gasteiger partial charge is 0.366 e. The van der Waals surface area contributed by atoms with Crippen LogP contribution in [0.15, 0.2) is 176 Å². The molecule has 6 aromatic carbocycles. The van der Waals surface area contributed by atoms with E-state index in [1.54, 1.807) is 67.6 Å². The van der Waals surface area contributed by atoms with E-state index in [1.165, 1.54) is 24.3 Å². The lowest BCUT2D eigenvalue weighted by Crippen LogP contribution is -2.72. The summed E-state index contributed by atoms with van der Waals surface area (Å²) in [4.78, 5) is 111. The molecule has 5 heterocycles. The van der Waals surface area contributed by atoms with Gasteiger partial charge in [0.05, 0.1) is 83.1 Å². The van der Waals surface area contributed by atoms with Crippen LogP contribution in [0.3, 0.4) is 0 Å². The number of methoxy groups -OCH3 is 1. The van der Waals surface area contributed by atoms with Crippen molar-refractivity contribution >= 4 is 47.6 Å². The fraction of sp³-hybridized carbons (Fsp3) is 0.457. The highest BCUT2D eigenvalue weighted by Gasteiger charge is 2.64. The van der Waals surface area contributed by atoms with Gasteiger partial charge in [-0.3, -0.25) is 38.5 Å². The topological polar surface area (TPSA) is 349 Å². The third kappa shape index (κ3) is 20.9. The van der Waals surface area contributed by atoms with E-state index in [-0.39, 0.29) is 44.2 Å². The minimum atomic E-state index is -3.14. The number of hydrogen-bond acceptors (Lipinski definition) is 27. The minimum Gasteiger partial charge on any atom is -0.465 e. The van der Waals surface area contributed by atoms with Crippen LogP contribution in [0.5, 0.6) is 0 Å². The van der Waals surface area contributed by atoms with Crippen LogP contribution < -0.4 is 5.32 Å². The molecule has 111 heavy (non-hydrogen) atoms. The molecule has 3 amide bonds. The van der Waals surface area contributed by atoms with Crippen LogP contribution in [-0.2, 0) is 142 Å². The molecule has 0 spiro atoms. The van der Waals surface area contributed by atoms with Gasteiger partial charge in [0.15, 0.2) is 24.8 Å². The Hall–Kier alpha value is -9.35. The Morgan fingerprint density at radius 1 is 0.541 bits per heavy atom. The number of ether oxygens (including phenoxy) is 17. The van der Waals surface area contributed by atoms with Crippen LogP contribution in [0.2, 0.25) is 0 Å². The Bertz CT molecular complexity index is 4050. The zero-order valence-electron chi connectivity index (χ0n) is 62.1. The maximum absolute atomic E-state index is 18.6. The first-order valence-corrected chi connectivity index (χ1v) is 36.3. The van der Waals surface area contributed by atoms with Crippen molar-refractivity contribution < 1.29 is 133 Å². The molecule has 594 valence electrons. The van der Waals surface area contributed by atoms with Crippen molar-refractivity contribution in [2.45, 2.75) is 209 Å². The molecule has 11 rings (SSSR count). The van der Waals surface area contributed by atoms with E-state index in [0.717, 1.165) is 52.9 Å². The Labute approximate surface area is 639 Å². The molecule has 0 aliphatic carbocycles. The number of halogens is 1. The van der Waals surface area contributed by atoms with Crippen LogP contribution in [0, 0.1) is 0 Å². The normalized spacial score (nSPS) is 29.0. The summed E-state index contributed by atoms with van der Waals surface area (Å²) in [6.45, 7) is 4.47. The van der Waals surface area contributed by atoms with Gasteiger partial charge in [0.2, 0.25) is 12.3 Å². The maximum Gasteiger partial charge on any atom is 0.366 e. The number of hydrogen-bond donors (Lipinski definition) is 3.